The Bertz CT molecular complexity index is 1690. The number of aliphatic hydroxyl groups excluding tert-OH is 1. The average molecular weight is 652 g/mol. The van der Waals surface area contributed by atoms with Crippen LogP contribution in [0.5, 0.6) is 0 Å². The third kappa shape index (κ3) is 10.1. The zero-order valence-corrected chi connectivity index (χ0v) is 28.9. The number of carbonyl (C=O) groups is 3. The van der Waals surface area contributed by atoms with Crippen LogP contribution in [0.2, 0.25) is 0 Å². The lowest BCUT2D eigenvalue weighted by Crippen LogP contribution is -2.57. The minimum atomic E-state index is -1.02. The van der Waals surface area contributed by atoms with Gasteiger partial charge in [-0.25, -0.2) is 4.79 Å². The van der Waals surface area contributed by atoms with Crippen molar-refractivity contribution in [2.45, 2.75) is 84.2 Å². The van der Waals surface area contributed by atoms with Gasteiger partial charge in [0.15, 0.2) is 0 Å². The molecule has 9 heteroatoms. The van der Waals surface area contributed by atoms with Gasteiger partial charge in [-0.2, -0.15) is 0 Å². The second kappa shape index (κ2) is 16.4. The van der Waals surface area contributed by atoms with Crippen LogP contribution in [0.3, 0.4) is 0 Å². The van der Waals surface area contributed by atoms with Crippen molar-refractivity contribution in [2.75, 3.05) is 7.05 Å². The molecule has 48 heavy (non-hydrogen) atoms. The molecule has 0 bridgehead atoms. The van der Waals surface area contributed by atoms with E-state index in [-0.39, 0.29) is 30.7 Å². The second-order valence-corrected chi connectivity index (χ2v) is 13.6. The molecule has 0 spiro atoms. The molecule has 254 valence electrons. The highest BCUT2D eigenvalue weighted by Gasteiger charge is 2.31. The molecule has 0 aliphatic carbocycles. The topological polar surface area (TPSA) is 124 Å². The van der Waals surface area contributed by atoms with Crippen LogP contribution in [0.25, 0.3) is 10.9 Å². The fraction of sp³-hybridized carbons (Fsp3) is 0.385. The molecule has 4 aromatic rings. The summed E-state index contributed by atoms with van der Waals surface area (Å²) in [5.41, 5.74) is 3.24. The molecule has 9 nitrogen and oxygen atoms in total. The van der Waals surface area contributed by atoms with E-state index in [0.717, 1.165) is 22.2 Å². The molecule has 0 radical (unpaired) electrons. The number of amides is 4. The fourth-order valence-corrected chi connectivity index (χ4v) is 5.58. The van der Waals surface area contributed by atoms with Crippen molar-refractivity contribution in [3.8, 4) is 0 Å². The highest BCUT2D eigenvalue weighted by atomic mass is 16.3. The molecule has 0 saturated heterocycles. The van der Waals surface area contributed by atoms with Gasteiger partial charge in [-0.3, -0.25) is 14.6 Å². The molecule has 1 aromatic heterocycles. The largest absolute Gasteiger partial charge is 0.391 e. The Morgan fingerprint density at radius 2 is 1.52 bits per heavy atom. The molecule has 4 atom stereocenters. The van der Waals surface area contributed by atoms with Crippen LogP contribution in [0, 0.1) is 5.92 Å². The number of rotatable bonds is 13. The summed E-state index contributed by atoms with van der Waals surface area (Å²) in [6.07, 6.45) is 0.135. The second-order valence-electron chi connectivity index (χ2n) is 13.6. The number of hydrogen-bond acceptors (Lipinski definition) is 5. The predicted molar refractivity (Wildman–Crippen MR) is 190 cm³/mol. The van der Waals surface area contributed by atoms with Gasteiger partial charge in [-0.1, -0.05) is 93.1 Å². The van der Waals surface area contributed by atoms with Crippen molar-refractivity contribution in [1.29, 1.82) is 0 Å². The minimum Gasteiger partial charge on any atom is -0.391 e. The lowest BCUT2D eigenvalue weighted by molar-refractivity contribution is -0.125. The molecule has 0 aliphatic rings. The Kier molecular flexibility index (Phi) is 12.3. The van der Waals surface area contributed by atoms with Gasteiger partial charge in [0.1, 0.15) is 6.04 Å². The molecule has 0 fully saturated rings. The van der Waals surface area contributed by atoms with Crippen LogP contribution < -0.4 is 16.0 Å². The highest BCUT2D eigenvalue weighted by Crippen LogP contribution is 2.18. The molecule has 1 heterocycles. The summed E-state index contributed by atoms with van der Waals surface area (Å²) in [6.45, 7) is 9.90. The van der Waals surface area contributed by atoms with Gasteiger partial charge in [0.05, 0.1) is 29.9 Å². The molecule has 3 aromatic carbocycles. The monoisotopic (exact) mass is 651 g/mol. The van der Waals surface area contributed by atoms with E-state index in [0.29, 0.717) is 24.0 Å². The summed E-state index contributed by atoms with van der Waals surface area (Å²) in [4.78, 5) is 46.7. The van der Waals surface area contributed by atoms with E-state index in [9.17, 15) is 19.5 Å². The first kappa shape index (κ1) is 36.1. The third-order valence-corrected chi connectivity index (χ3v) is 8.45. The number of pyridine rings is 1. The van der Waals surface area contributed by atoms with E-state index >= 15 is 0 Å². The van der Waals surface area contributed by atoms with E-state index in [1.54, 1.807) is 19.2 Å². The maximum absolute atomic E-state index is 14.0. The molecular formula is C39H49N5O4. The average Bonchev–Trinajstić information content (AvgIpc) is 3.06. The number of carbonyl (C=O) groups excluding carboxylic acids is 3. The Morgan fingerprint density at radius 3 is 2.23 bits per heavy atom. The zero-order valence-electron chi connectivity index (χ0n) is 28.9. The Hall–Kier alpha value is -4.76. The van der Waals surface area contributed by atoms with E-state index in [2.05, 4.69) is 20.9 Å². The molecular weight excluding hydrogens is 602 g/mol. The first-order valence-electron chi connectivity index (χ1n) is 16.6. The van der Waals surface area contributed by atoms with Crippen LogP contribution in [0.15, 0.2) is 91.0 Å². The number of hydrogen-bond donors (Lipinski definition) is 4. The molecule has 0 saturated carbocycles. The van der Waals surface area contributed by atoms with Crippen molar-refractivity contribution < 1.29 is 19.5 Å². The molecule has 4 N–H and O–H groups in total. The SMILES string of the molecule is CCC(C)[C@H](NC(=O)N(C)Cc1ccc2ccccc2n1)C(=O)N[C@@H](Cc1ccccc1)[C@H](O)Cc1ccccc1C(=O)NC(C)(C)C. The maximum atomic E-state index is 14.0. The molecule has 4 amide bonds. The third-order valence-electron chi connectivity index (χ3n) is 8.45. The van der Waals surface area contributed by atoms with Crippen molar-refractivity contribution in [2.24, 2.45) is 5.92 Å². The number of benzene rings is 3. The quantitative estimate of drug-likeness (QED) is 0.149. The van der Waals surface area contributed by atoms with Crippen LogP contribution in [0.1, 0.15) is 68.2 Å². The normalized spacial score (nSPS) is 14.0. The lowest BCUT2D eigenvalue weighted by Gasteiger charge is -2.31. The van der Waals surface area contributed by atoms with Crippen LogP contribution >= 0.6 is 0 Å². The summed E-state index contributed by atoms with van der Waals surface area (Å²) in [5.74, 6) is -0.789. The number of urea groups is 1. The smallest absolute Gasteiger partial charge is 0.318 e. The Labute approximate surface area is 284 Å². The van der Waals surface area contributed by atoms with E-state index in [4.69, 9.17) is 0 Å². The highest BCUT2D eigenvalue weighted by molar-refractivity contribution is 5.96. The standard InChI is InChI=1S/C39H49N5O4/c1-7-26(2)35(42-38(48)44(6)25-30-22-21-28-17-12-14-20-32(28)40-30)37(47)41-33(23-27-15-9-8-10-16-27)34(45)24-29-18-11-13-19-31(29)36(46)43-39(3,4)5/h8-22,26,33-35,45H,7,23-25H2,1-6H3,(H,41,47)(H,42,48)(H,43,46)/t26?,33-,34+,35-/m0/s1. The number of aromatic nitrogens is 1. The summed E-state index contributed by atoms with van der Waals surface area (Å²) in [6, 6.07) is 26.6. The first-order chi connectivity index (χ1) is 22.8. The number of fused-ring (bicyclic) bond motifs is 1. The number of nitrogens with zero attached hydrogens (tertiary/aromatic N) is 2. The fourth-order valence-electron chi connectivity index (χ4n) is 5.58. The Morgan fingerprint density at radius 1 is 0.854 bits per heavy atom. The molecule has 1 unspecified atom stereocenters. The summed E-state index contributed by atoms with van der Waals surface area (Å²) in [5, 5.41) is 21.7. The predicted octanol–water partition coefficient (Wildman–Crippen LogP) is 5.65. The van der Waals surface area contributed by atoms with E-state index in [1.165, 1.54) is 4.90 Å². The van der Waals surface area contributed by atoms with Gasteiger partial charge in [0.25, 0.3) is 5.91 Å². The first-order valence-corrected chi connectivity index (χ1v) is 16.6. The van der Waals surface area contributed by atoms with Crippen LogP contribution in [0.4, 0.5) is 4.79 Å². The van der Waals surface area contributed by atoms with Crippen molar-refractivity contribution in [1.82, 2.24) is 25.8 Å². The minimum absolute atomic E-state index is 0.146. The van der Waals surface area contributed by atoms with Gasteiger partial charge in [-0.15, -0.1) is 0 Å². The van der Waals surface area contributed by atoms with Gasteiger partial charge in [0, 0.05) is 30.0 Å². The van der Waals surface area contributed by atoms with Gasteiger partial charge in [0.2, 0.25) is 5.91 Å². The maximum Gasteiger partial charge on any atom is 0.318 e. The molecule has 4 rings (SSSR count). The van der Waals surface area contributed by atoms with Gasteiger partial charge >= 0.3 is 6.03 Å². The van der Waals surface area contributed by atoms with Crippen molar-refractivity contribution in [3.05, 3.63) is 113 Å². The number of para-hydroxylation sites is 1. The van der Waals surface area contributed by atoms with Gasteiger partial charge in [-0.05, 0) is 62.4 Å². The Balaban J connectivity index is 1.51. The van der Waals surface area contributed by atoms with Crippen molar-refractivity contribution >= 4 is 28.7 Å². The van der Waals surface area contributed by atoms with E-state index < -0.39 is 29.8 Å². The lowest BCUT2D eigenvalue weighted by atomic mass is 9.92. The van der Waals surface area contributed by atoms with Crippen LogP contribution in [-0.4, -0.2) is 63.6 Å². The summed E-state index contributed by atoms with van der Waals surface area (Å²) in [7, 11) is 1.67. The summed E-state index contributed by atoms with van der Waals surface area (Å²) >= 11 is 0. The van der Waals surface area contributed by atoms with E-state index in [1.807, 2.05) is 113 Å². The summed E-state index contributed by atoms with van der Waals surface area (Å²) < 4.78 is 0. The van der Waals surface area contributed by atoms with Gasteiger partial charge < -0.3 is 26.0 Å². The number of aliphatic hydroxyl groups is 1. The van der Waals surface area contributed by atoms with Crippen LogP contribution in [-0.2, 0) is 24.2 Å². The molecule has 0 aliphatic heterocycles. The number of nitrogens with one attached hydrogen (secondary N) is 3. The zero-order chi connectivity index (χ0) is 34.8. The van der Waals surface area contributed by atoms with Crippen molar-refractivity contribution in [3.63, 3.8) is 0 Å².